The summed E-state index contributed by atoms with van der Waals surface area (Å²) in [6, 6.07) is 20.1. The van der Waals surface area contributed by atoms with Gasteiger partial charge in [0.1, 0.15) is 0 Å². The standard InChI is InChI=1S/C22H30N2/c1-4-22(19-12-8-7-9-13-19)18-24(17-16-23(5-2)6-3)21-15-11-10-14-20(21)22/h7-15H,4-6,16-18H2,1-3H3. The molecular formula is C22H30N2. The molecule has 2 aromatic rings. The number of anilines is 1. The Labute approximate surface area is 147 Å². The van der Waals surface area contributed by atoms with Crippen molar-refractivity contribution in [3.63, 3.8) is 0 Å². The Balaban J connectivity index is 1.93. The second-order valence-corrected chi connectivity index (χ2v) is 6.77. The van der Waals surface area contributed by atoms with Gasteiger partial charge in [-0.15, -0.1) is 0 Å². The minimum absolute atomic E-state index is 0.126. The first-order chi connectivity index (χ1) is 11.7. The molecule has 0 N–H and O–H groups in total. The first kappa shape index (κ1) is 17.0. The summed E-state index contributed by atoms with van der Waals surface area (Å²) in [4.78, 5) is 5.11. The van der Waals surface area contributed by atoms with Crippen molar-refractivity contribution in [3.05, 3.63) is 65.7 Å². The van der Waals surface area contributed by atoms with Gasteiger partial charge in [0.15, 0.2) is 0 Å². The SMILES string of the molecule is CCN(CC)CCN1CC(CC)(c2ccccc2)c2ccccc21. The second kappa shape index (κ2) is 7.40. The monoisotopic (exact) mass is 322 g/mol. The summed E-state index contributed by atoms with van der Waals surface area (Å²) in [5.74, 6) is 0. The summed E-state index contributed by atoms with van der Waals surface area (Å²) in [5, 5.41) is 0. The lowest BCUT2D eigenvalue weighted by Crippen LogP contribution is -2.38. The van der Waals surface area contributed by atoms with E-state index in [0.29, 0.717) is 0 Å². The Morgan fingerprint density at radius 3 is 2.25 bits per heavy atom. The van der Waals surface area contributed by atoms with Crippen molar-refractivity contribution in [2.45, 2.75) is 32.6 Å². The number of nitrogens with zero attached hydrogens (tertiary/aromatic N) is 2. The van der Waals surface area contributed by atoms with Crippen LogP contribution in [0.15, 0.2) is 54.6 Å². The molecule has 0 aliphatic carbocycles. The zero-order valence-corrected chi connectivity index (χ0v) is 15.3. The number of rotatable bonds is 7. The Hall–Kier alpha value is -1.80. The third kappa shape index (κ3) is 2.95. The van der Waals surface area contributed by atoms with E-state index in [2.05, 4.69) is 85.2 Å². The Morgan fingerprint density at radius 1 is 0.917 bits per heavy atom. The van der Waals surface area contributed by atoms with E-state index in [1.807, 2.05) is 0 Å². The fraction of sp³-hybridized carbons (Fsp3) is 0.455. The van der Waals surface area contributed by atoms with Crippen LogP contribution in [0.3, 0.4) is 0 Å². The molecule has 0 saturated heterocycles. The summed E-state index contributed by atoms with van der Waals surface area (Å²) in [5.41, 5.74) is 4.50. The molecular weight excluding hydrogens is 292 g/mol. The number of benzene rings is 2. The predicted molar refractivity (Wildman–Crippen MR) is 104 cm³/mol. The highest BCUT2D eigenvalue weighted by atomic mass is 15.2. The molecule has 0 amide bonds. The van der Waals surface area contributed by atoms with E-state index < -0.39 is 0 Å². The van der Waals surface area contributed by atoms with Gasteiger partial charge in [-0.3, -0.25) is 0 Å². The zero-order chi connectivity index (χ0) is 17.0. The Kier molecular flexibility index (Phi) is 5.25. The third-order valence-electron chi connectivity index (χ3n) is 5.73. The summed E-state index contributed by atoms with van der Waals surface area (Å²) in [6.07, 6.45) is 1.13. The average Bonchev–Trinajstić information content (AvgIpc) is 2.98. The van der Waals surface area contributed by atoms with Gasteiger partial charge in [0.25, 0.3) is 0 Å². The second-order valence-electron chi connectivity index (χ2n) is 6.77. The van der Waals surface area contributed by atoms with Crippen LogP contribution in [0.5, 0.6) is 0 Å². The van der Waals surface area contributed by atoms with Crippen LogP contribution in [0.2, 0.25) is 0 Å². The molecule has 1 atom stereocenters. The molecule has 1 aliphatic rings. The van der Waals surface area contributed by atoms with E-state index in [4.69, 9.17) is 0 Å². The largest absolute Gasteiger partial charge is 0.369 e. The van der Waals surface area contributed by atoms with E-state index in [-0.39, 0.29) is 5.41 Å². The summed E-state index contributed by atoms with van der Waals surface area (Å²) >= 11 is 0. The van der Waals surface area contributed by atoms with Crippen molar-refractivity contribution in [2.24, 2.45) is 0 Å². The lowest BCUT2D eigenvalue weighted by Gasteiger charge is -2.31. The van der Waals surface area contributed by atoms with Gasteiger partial charge in [0.05, 0.1) is 0 Å². The first-order valence-electron chi connectivity index (χ1n) is 9.37. The molecule has 0 bridgehead atoms. The van der Waals surface area contributed by atoms with Gasteiger partial charge in [-0.25, -0.2) is 0 Å². The van der Waals surface area contributed by atoms with Gasteiger partial charge in [-0.05, 0) is 36.7 Å². The maximum Gasteiger partial charge on any atom is 0.0409 e. The molecule has 1 heterocycles. The molecule has 0 fully saturated rings. The topological polar surface area (TPSA) is 6.48 Å². The molecule has 2 heteroatoms. The van der Waals surface area contributed by atoms with Crippen LogP contribution in [0, 0.1) is 0 Å². The van der Waals surface area contributed by atoms with Crippen LogP contribution in [-0.2, 0) is 5.41 Å². The van der Waals surface area contributed by atoms with E-state index in [9.17, 15) is 0 Å². The van der Waals surface area contributed by atoms with Gasteiger partial charge in [0.2, 0.25) is 0 Å². The lowest BCUT2D eigenvalue weighted by atomic mass is 9.74. The fourth-order valence-electron chi connectivity index (χ4n) is 4.16. The predicted octanol–water partition coefficient (Wildman–Crippen LogP) is 4.54. The molecule has 0 aromatic heterocycles. The van der Waals surface area contributed by atoms with Gasteiger partial charge >= 0.3 is 0 Å². The maximum atomic E-state index is 2.60. The first-order valence-corrected chi connectivity index (χ1v) is 9.37. The summed E-state index contributed by atoms with van der Waals surface area (Å²) in [6.45, 7) is 12.4. The summed E-state index contributed by atoms with van der Waals surface area (Å²) in [7, 11) is 0. The van der Waals surface area contributed by atoms with Crippen LogP contribution >= 0.6 is 0 Å². The van der Waals surface area contributed by atoms with Crippen molar-refractivity contribution in [3.8, 4) is 0 Å². The van der Waals surface area contributed by atoms with Crippen molar-refractivity contribution in [2.75, 3.05) is 37.6 Å². The molecule has 2 nitrogen and oxygen atoms in total. The Bertz CT molecular complexity index is 648. The smallest absolute Gasteiger partial charge is 0.0409 e. The quantitative estimate of drug-likeness (QED) is 0.738. The molecule has 128 valence electrons. The van der Waals surface area contributed by atoms with Gasteiger partial charge in [-0.2, -0.15) is 0 Å². The van der Waals surface area contributed by atoms with Gasteiger partial charge < -0.3 is 9.80 Å². The van der Waals surface area contributed by atoms with E-state index >= 15 is 0 Å². The van der Waals surface area contributed by atoms with Crippen molar-refractivity contribution in [1.82, 2.24) is 4.90 Å². The van der Waals surface area contributed by atoms with E-state index in [1.165, 1.54) is 16.8 Å². The third-order valence-corrected chi connectivity index (χ3v) is 5.73. The van der Waals surface area contributed by atoms with Crippen LogP contribution in [-0.4, -0.2) is 37.6 Å². The minimum atomic E-state index is 0.126. The molecule has 3 rings (SSSR count). The fourth-order valence-corrected chi connectivity index (χ4v) is 4.16. The van der Waals surface area contributed by atoms with E-state index in [0.717, 1.165) is 39.1 Å². The zero-order valence-electron chi connectivity index (χ0n) is 15.3. The molecule has 0 saturated carbocycles. The molecule has 24 heavy (non-hydrogen) atoms. The highest BCUT2D eigenvalue weighted by molar-refractivity contribution is 5.66. The molecule has 0 spiro atoms. The van der Waals surface area contributed by atoms with Crippen LogP contribution in [0.25, 0.3) is 0 Å². The number of para-hydroxylation sites is 1. The van der Waals surface area contributed by atoms with Crippen LogP contribution in [0.1, 0.15) is 38.3 Å². The highest BCUT2D eigenvalue weighted by Crippen LogP contribution is 2.46. The van der Waals surface area contributed by atoms with Gasteiger partial charge in [0, 0.05) is 30.7 Å². The number of hydrogen-bond acceptors (Lipinski definition) is 2. The molecule has 1 unspecified atom stereocenters. The minimum Gasteiger partial charge on any atom is -0.369 e. The summed E-state index contributed by atoms with van der Waals surface area (Å²) < 4.78 is 0. The average molecular weight is 322 g/mol. The van der Waals surface area contributed by atoms with Crippen molar-refractivity contribution < 1.29 is 0 Å². The lowest BCUT2D eigenvalue weighted by molar-refractivity contribution is 0.308. The molecule has 2 aromatic carbocycles. The van der Waals surface area contributed by atoms with Gasteiger partial charge in [-0.1, -0.05) is 69.3 Å². The number of likely N-dealkylation sites (N-methyl/N-ethyl adjacent to an activating group) is 1. The van der Waals surface area contributed by atoms with Crippen LogP contribution < -0.4 is 4.90 Å². The highest BCUT2D eigenvalue weighted by Gasteiger charge is 2.42. The Morgan fingerprint density at radius 2 is 1.58 bits per heavy atom. The molecule has 0 radical (unpaired) electrons. The van der Waals surface area contributed by atoms with Crippen molar-refractivity contribution in [1.29, 1.82) is 0 Å². The number of hydrogen-bond donors (Lipinski definition) is 0. The van der Waals surface area contributed by atoms with Crippen molar-refractivity contribution >= 4 is 5.69 Å². The normalized spacial score (nSPS) is 19.8. The van der Waals surface area contributed by atoms with Crippen LogP contribution in [0.4, 0.5) is 5.69 Å². The van der Waals surface area contributed by atoms with E-state index in [1.54, 1.807) is 0 Å². The number of fused-ring (bicyclic) bond motifs is 1. The molecule has 1 aliphatic heterocycles. The maximum absolute atomic E-state index is 2.60.